The van der Waals surface area contributed by atoms with Crippen LogP contribution in [0.2, 0.25) is 0 Å². The lowest BCUT2D eigenvalue weighted by Crippen LogP contribution is -2.21. The van der Waals surface area contributed by atoms with Crippen LogP contribution >= 0.6 is 11.3 Å². The number of benzene rings is 7. The summed E-state index contributed by atoms with van der Waals surface area (Å²) in [5, 5.41) is 40.4. The summed E-state index contributed by atoms with van der Waals surface area (Å²) < 4.78 is 8.74. The number of rotatable bonds is 5. The van der Waals surface area contributed by atoms with Gasteiger partial charge in [0.25, 0.3) is 0 Å². The molecular formula is C122H232N16OS. The first kappa shape index (κ1) is 162. The van der Waals surface area contributed by atoms with Crippen LogP contribution in [0.15, 0.2) is 187 Å². The molecule has 0 unspecified atom stereocenters. The van der Waals surface area contributed by atoms with E-state index >= 15 is 0 Å². The summed E-state index contributed by atoms with van der Waals surface area (Å²) in [7, 11) is 0. The summed E-state index contributed by atoms with van der Waals surface area (Å²) in [6.45, 7) is 120. The van der Waals surface area contributed by atoms with Gasteiger partial charge in [0, 0.05) is 34.6 Å². The first-order chi connectivity index (χ1) is 67.7. The zero-order valence-corrected chi connectivity index (χ0v) is 103. The van der Waals surface area contributed by atoms with Crippen LogP contribution in [-0.4, -0.2) is 96.5 Å². The summed E-state index contributed by atoms with van der Waals surface area (Å²) in [5.74, 6) is 6.59. The van der Waals surface area contributed by atoms with Gasteiger partial charge < -0.3 is 20.0 Å². The number of piperidine rings is 2. The molecule has 0 saturated carbocycles. The van der Waals surface area contributed by atoms with Gasteiger partial charge in [0.15, 0.2) is 11.5 Å². The van der Waals surface area contributed by atoms with Gasteiger partial charge in [0.2, 0.25) is 0 Å². The molecule has 14 aromatic rings. The number of para-hydroxylation sites is 8. The van der Waals surface area contributed by atoms with Gasteiger partial charge in [-0.1, -0.05) is 475 Å². The van der Waals surface area contributed by atoms with Crippen molar-refractivity contribution in [2.75, 3.05) is 26.2 Å². The summed E-state index contributed by atoms with van der Waals surface area (Å²) in [6.07, 6.45) is 12.1. The predicted molar refractivity (Wildman–Crippen MR) is 648 cm³/mol. The lowest BCUT2D eigenvalue weighted by molar-refractivity contribution is 0.472. The third kappa shape index (κ3) is 90.3. The molecule has 17 nitrogen and oxygen atoms in total. The number of imidazole rings is 1. The van der Waals surface area contributed by atoms with Crippen LogP contribution in [0.1, 0.15) is 473 Å². The second-order valence-electron chi connectivity index (χ2n) is 30.3. The Morgan fingerprint density at radius 3 is 0.907 bits per heavy atom. The van der Waals surface area contributed by atoms with Crippen molar-refractivity contribution in [3.05, 3.63) is 199 Å². The van der Waals surface area contributed by atoms with Gasteiger partial charge in [0.05, 0.1) is 61.2 Å². The van der Waals surface area contributed by atoms with Crippen molar-refractivity contribution in [3.8, 4) is 0 Å². The van der Waals surface area contributed by atoms with Gasteiger partial charge in [-0.25, -0.2) is 19.6 Å². The van der Waals surface area contributed by atoms with E-state index in [2.05, 4.69) is 242 Å². The monoisotopic (exact) mass is 1970 g/mol. The molecule has 812 valence electrons. The topological polar surface area (TPSA) is 210 Å². The van der Waals surface area contributed by atoms with E-state index in [4.69, 9.17) is 4.42 Å². The Morgan fingerprint density at radius 2 is 0.607 bits per heavy atom. The van der Waals surface area contributed by atoms with Gasteiger partial charge >= 0.3 is 0 Å². The molecule has 2 aliphatic rings. The number of aromatic amines is 3. The van der Waals surface area contributed by atoms with E-state index in [1.54, 1.807) is 16.1 Å². The first-order valence-electron chi connectivity index (χ1n) is 55.7. The molecule has 7 aromatic heterocycles. The number of nitrogens with zero attached hydrogens (tertiary/aromatic N) is 11. The Balaban J connectivity index is -0.000000101. The Kier molecular flexibility index (Phi) is 146. The summed E-state index contributed by atoms with van der Waals surface area (Å²) in [4.78, 5) is 18.4. The fourth-order valence-electron chi connectivity index (χ4n) is 9.26. The van der Waals surface area contributed by atoms with Gasteiger partial charge in [-0.05, 0) is 176 Å². The minimum atomic E-state index is 0.331. The molecular weight excluding hydrogens is 1740 g/mol. The maximum Gasteiger partial charge on any atom is 0.198 e. The average molecular weight is 1970 g/mol. The molecule has 9 heterocycles. The van der Waals surface area contributed by atoms with Crippen molar-refractivity contribution < 1.29 is 4.42 Å². The number of nitrogens with one attached hydrogen (secondary N) is 5. The molecule has 18 heteroatoms. The summed E-state index contributed by atoms with van der Waals surface area (Å²) in [5.41, 5.74) is 11.3. The van der Waals surface area contributed by atoms with E-state index in [1.807, 2.05) is 404 Å². The molecule has 16 rings (SSSR count). The SMILES string of the molecule is C1CCNCC1.C1CCNCC1.CC.CC.CC.CC.CC.CC.CC.CC.CC.CC.CC.CC.CC.CC.CC.CC.CC.CC(C)C.CC(C)C.CC(C)C.CC(C)C.CC(C)c1nc2ccccc2[nH]1.CC(C)c1nc2ccccc2o1.CC(C)c1nc2ccccc2s1.CC(C)n1nc2ccccc2n1.CC(C)n1nnc2ccccc21.c1ccc2[nH]ncc2c1.c1ccc2[nH]ncc2c1. The number of H-pyrrole nitrogens is 3. The van der Waals surface area contributed by atoms with E-state index in [-0.39, 0.29) is 0 Å². The van der Waals surface area contributed by atoms with Crippen molar-refractivity contribution in [1.29, 1.82) is 0 Å². The van der Waals surface area contributed by atoms with Gasteiger partial charge in [-0.2, -0.15) is 25.2 Å². The zero-order chi connectivity index (χ0) is 112. The molecule has 0 atom stereocenters. The van der Waals surface area contributed by atoms with E-state index in [9.17, 15) is 0 Å². The van der Waals surface area contributed by atoms with Crippen LogP contribution in [0.5, 0.6) is 0 Å². The number of aromatic nitrogens is 14. The number of fused-ring (bicyclic) bond motifs is 7. The van der Waals surface area contributed by atoms with E-state index in [0.29, 0.717) is 29.8 Å². The molecule has 0 spiro atoms. The third-order valence-corrected chi connectivity index (χ3v) is 15.6. The fourth-order valence-corrected chi connectivity index (χ4v) is 10.2. The van der Waals surface area contributed by atoms with E-state index < -0.39 is 0 Å². The maximum absolute atomic E-state index is 5.52. The van der Waals surface area contributed by atoms with E-state index in [0.717, 1.165) is 107 Å². The van der Waals surface area contributed by atoms with Gasteiger partial charge in [-0.15, -0.1) is 16.4 Å². The normalized spacial score (nSPS) is 9.95. The first-order valence-corrected chi connectivity index (χ1v) is 56.5. The van der Waals surface area contributed by atoms with Crippen LogP contribution in [0.25, 0.3) is 76.2 Å². The van der Waals surface area contributed by atoms with Crippen molar-refractivity contribution in [2.24, 2.45) is 23.7 Å². The van der Waals surface area contributed by atoms with Crippen LogP contribution in [0, 0.1) is 23.7 Å². The maximum atomic E-state index is 5.52. The molecule has 0 radical (unpaired) electrons. The summed E-state index contributed by atoms with van der Waals surface area (Å²) in [6, 6.07) is 56.8. The highest BCUT2D eigenvalue weighted by atomic mass is 32.1. The molecule has 5 N–H and O–H groups in total. The fraction of sp³-hybridized carbons (Fsp3) is 0.615. The Bertz CT molecular complexity index is 3850. The molecule has 2 fully saturated rings. The van der Waals surface area contributed by atoms with Crippen molar-refractivity contribution in [1.82, 2.24) is 81.0 Å². The molecule has 0 aliphatic carbocycles. The molecule has 7 aromatic carbocycles. The quantitative estimate of drug-likeness (QED) is 0.109. The highest BCUT2D eigenvalue weighted by molar-refractivity contribution is 7.18. The van der Waals surface area contributed by atoms with Crippen LogP contribution in [0.3, 0.4) is 0 Å². The second kappa shape index (κ2) is 126. The van der Waals surface area contributed by atoms with Crippen LogP contribution in [-0.2, 0) is 0 Å². The van der Waals surface area contributed by atoms with E-state index in [1.165, 1.54) is 74.4 Å². The Hall–Kier alpha value is -8.97. The average Bonchev–Trinajstić information content (AvgIpc) is 1.52. The van der Waals surface area contributed by atoms with Crippen LogP contribution in [0.4, 0.5) is 0 Å². The Labute approximate surface area is 872 Å². The predicted octanol–water partition coefficient (Wildman–Crippen LogP) is 41.8. The van der Waals surface area contributed by atoms with Crippen LogP contribution < -0.4 is 10.6 Å². The number of hydrogen-bond donors (Lipinski definition) is 5. The van der Waals surface area contributed by atoms with Gasteiger partial charge in [0.1, 0.15) is 27.9 Å². The number of thiazole rings is 1. The van der Waals surface area contributed by atoms with Gasteiger partial charge in [-0.3, -0.25) is 10.2 Å². The molecule has 2 aliphatic heterocycles. The minimum absolute atomic E-state index is 0.331. The molecule has 2 saturated heterocycles. The largest absolute Gasteiger partial charge is 0.440 e. The Morgan fingerprint density at radius 1 is 0.293 bits per heavy atom. The second-order valence-corrected chi connectivity index (χ2v) is 31.4. The smallest absolute Gasteiger partial charge is 0.198 e. The lowest BCUT2D eigenvalue weighted by Gasteiger charge is -2.08. The standard InChI is InChI=1S/C10H12N2.C10H11NO.C10H11NS.2C9H11N3.2C7H6N2.2C5H11N.4C4H10.17C2H6/c3*1-7(2)10-11-8-5-3-4-6-9(8)12-10;1-7(2)12-9-6-4-3-5-8(9)10-11-12;1-7(2)12-10-8-5-3-4-6-9(8)11-12;2*1-2-4-7-6(3-1)5-8-9-7;2*1-2-4-6-5-3-1;4*1-4(2)3;17*1-2/h3-7H,1-2H3,(H,11,12);4*3-7H,1-2H3;2*1-5H,(H,8,9);2*6H,1-5H2;4*4H,1-3H3;17*1-2H3. The zero-order valence-electron chi connectivity index (χ0n) is 102. The van der Waals surface area contributed by atoms with Crippen molar-refractivity contribution in [3.63, 3.8) is 0 Å². The third-order valence-electron chi connectivity index (χ3n) is 14.3. The number of oxazole rings is 1. The molecule has 140 heavy (non-hydrogen) atoms. The summed E-state index contributed by atoms with van der Waals surface area (Å²) >= 11 is 1.79. The molecule has 0 amide bonds. The minimum Gasteiger partial charge on any atom is -0.440 e. The highest BCUT2D eigenvalue weighted by Gasteiger charge is 2.10. The number of hydrogen-bond acceptors (Lipinski definition) is 13. The molecule has 0 bridgehead atoms. The van der Waals surface area contributed by atoms with Crippen molar-refractivity contribution in [2.45, 2.75) is 456 Å². The van der Waals surface area contributed by atoms with Crippen molar-refractivity contribution >= 4 is 87.6 Å². The lowest BCUT2D eigenvalue weighted by atomic mass is 10.2. The highest BCUT2D eigenvalue weighted by Crippen LogP contribution is 2.27.